The number of hydrogen-bond acceptors (Lipinski definition) is 3. The molecule has 0 saturated heterocycles. The molecule has 0 aliphatic carbocycles. The van der Waals surface area contributed by atoms with Gasteiger partial charge in [-0.05, 0) is 91.3 Å². The minimum absolute atomic E-state index is 0.332. The van der Waals surface area contributed by atoms with Crippen LogP contribution < -0.4 is 4.74 Å². The molecule has 4 aromatic carbocycles. The zero-order chi connectivity index (χ0) is 32.5. The molecule has 5 heteroatoms. The lowest BCUT2D eigenvalue weighted by molar-refractivity contribution is 0.482. The topological polar surface area (TPSA) is 44.9 Å². The predicted molar refractivity (Wildman–Crippen MR) is 194 cm³/mol. The molecule has 0 spiro atoms. The summed E-state index contributed by atoms with van der Waals surface area (Å²) in [5.74, 6) is 2.78. The molecule has 0 fully saturated rings. The molecule has 3 aromatic heterocycles. The van der Waals surface area contributed by atoms with Crippen molar-refractivity contribution >= 4 is 21.8 Å². The molecular formula is C42H42N4O. The number of para-hydroxylation sites is 1. The highest BCUT2D eigenvalue weighted by Gasteiger charge is 2.24. The van der Waals surface area contributed by atoms with Gasteiger partial charge in [0.05, 0.1) is 28.1 Å². The van der Waals surface area contributed by atoms with Crippen LogP contribution in [-0.4, -0.2) is 19.3 Å². The van der Waals surface area contributed by atoms with Gasteiger partial charge >= 0.3 is 0 Å². The second-order valence-corrected chi connectivity index (χ2v) is 12.6. The highest BCUT2D eigenvalue weighted by molar-refractivity contribution is 6.09. The number of aryl methyl sites for hydroxylation is 3. The summed E-state index contributed by atoms with van der Waals surface area (Å²) in [5.41, 5.74) is 10.6. The number of fused-ring (bicyclic) bond motifs is 3. The minimum Gasteiger partial charge on any atom is -0.457 e. The van der Waals surface area contributed by atoms with Crippen LogP contribution in [0.25, 0.3) is 44.4 Å². The molecule has 3 heterocycles. The van der Waals surface area contributed by atoms with Crippen molar-refractivity contribution in [1.82, 2.24) is 19.3 Å². The molecule has 1 unspecified atom stereocenters. The van der Waals surface area contributed by atoms with Gasteiger partial charge in [0.25, 0.3) is 0 Å². The van der Waals surface area contributed by atoms with Gasteiger partial charge in [-0.3, -0.25) is 4.57 Å². The molecule has 0 N–H and O–H groups in total. The highest BCUT2D eigenvalue weighted by Crippen LogP contribution is 2.38. The van der Waals surface area contributed by atoms with Gasteiger partial charge in [-0.25, -0.2) is 9.67 Å². The molecule has 236 valence electrons. The van der Waals surface area contributed by atoms with Gasteiger partial charge in [-0.15, -0.1) is 0 Å². The number of pyridine rings is 1. The molecule has 7 rings (SSSR count). The van der Waals surface area contributed by atoms with Gasteiger partial charge in [-0.2, -0.15) is 5.10 Å². The van der Waals surface area contributed by atoms with E-state index < -0.39 is 0 Å². The summed E-state index contributed by atoms with van der Waals surface area (Å²) < 4.78 is 11.0. The lowest BCUT2D eigenvalue weighted by atomic mass is 9.92. The molecule has 1 atom stereocenters. The number of hydrogen-bond donors (Lipinski definition) is 0. The van der Waals surface area contributed by atoms with Crippen molar-refractivity contribution in [3.05, 3.63) is 132 Å². The van der Waals surface area contributed by atoms with E-state index in [9.17, 15) is 0 Å². The van der Waals surface area contributed by atoms with E-state index in [0.717, 1.165) is 65.4 Å². The van der Waals surface area contributed by atoms with Crippen LogP contribution >= 0.6 is 0 Å². The third-order valence-corrected chi connectivity index (χ3v) is 9.28. The first kappa shape index (κ1) is 30.5. The Morgan fingerprint density at radius 2 is 1.55 bits per heavy atom. The smallest absolute Gasteiger partial charge is 0.137 e. The Balaban J connectivity index is 1.31. The minimum atomic E-state index is 0.332. The second kappa shape index (κ2) is 12.9. The van der Waals surface area contributed by atoms with Crippen LogP contribution in [0.3, 0.4) is 0 Å². The molecule has 47 heavy (non-hydrogen) atoms. The van der Waals surface area contributed by atoms with Gasteiger partial charge in [0.15, 0.2) is 0 Å². The molecule has 0 aliphatic rings. The van der Waals surface area contributed by atoms with Crippen molar-refractivity contribution in [1.29, 1.82) is 0 Å². The SMILES string of the molecule is CCCc1nn(-c2cccc(Oc3ccc4c5ccccc5n(-c5cc(C)ccn5)c4c3)c2)c(C(C)CC)c1-c1ccc(CC)cc1. The summed E-state index contributed by atoms with van der Waals surface area (Å²) in [6, 6.07) is 36.4. The van der Waals surface area contributed by atoms with Crippen LogP contribution in [0.4, 0.5) is 0 Å². The summed E-state index contributed by atoms with van der Waals surface area (Å²) in [5, 5.41) is 7.64. The number of aromatic nitrogens is 4. The van der Waals surface area contributed by atoms with Gasteiger partial charge in [0.2, 0.25) is 0 Å². The number of benzene rings is 4. The Kier molecular flexibility index (Phi) is 8.38. The maximum Gasteiger partial charge on any atom is 0.137 e. The van der Waals surface area contributed by atoms with Crippen LogP contribution in [0.1, 0.15) is 69.0 Å². The van der Waals surface area contributed by atoms with Crippen molar-refractivity contribution in [3.63, 3.8) is 0 Å². The molecule has 0 amide bonds. The van der Waals surface area contributed by atoms with E-state index >= 15 is 0 Å². The zero-order valence-corrected chi connectivity index (χ0v) is 28.0. The lowest BCUT2D eigenvalue weighted by Gasteiger charge is -2.16. The quantitative estimate of drug-likeness (QED) is 0.153. The third kappa shape index (κ3) is 5.71. The lowest BCUT2D eigenvalue weighted by Crippen LogP contribution is -2.06. The average Bonchev–Trinajstić information content (AvgIpc) is 3.64. The molecule has 0 aliphatic heterocycles. The van der Waals surface area contributed by atoms with Gasteiger partial charge < -0.3 is 4.74 Å². The Bertz CT molecular complexity index is 2190. The summed E-state index contributed by atoms with van der Waals surface area (Å²) in [6.45, 7) is 11.1. The second-order valence-electron chi connectivity index (χ2n) is 12.6. The summed E-state index contributed by atoms with van der Waals surface area (Å²) in [7, 11) is 0. The van der Waals surface area contributed by atoms with Crippen molar-refractivity contribution in [2.75, 3.05) is 0 Å². The Morgan fingerprint density at radius 3 is 2.32 bits per heavy atom. The molecule has 5 nitrogen and oxygen atoms in total. The van der Waals surface area contributed by atoms with Crippen molar-refractivity contribution in [2.45, 2.75) is 66.2 Å². The average molecular weight is 619 g/mol. The summed E-state index contributed by atoms with van der Waals surface area (Å²) >= 11 is 0. The van der Waals surface area contributed by atoms with Crippen LogP contribution in [0.15, 0.2) is 109 Å². The van der Waals surface area contributed by atoms with Crippen molar-refractivity contribution in [3.8, 4) is 34.1 Å². The van der Waals surface area contributed by atoms with Gasteiger partial charge in [0, 0.05) is 34.7 Å². The number of nitrogens with zero attached hydrogens (tertiary/aromatic N) is 4. The van der Waals surface area contributed by atoms with Crippen molar-refractivity contribution < 1.29 is 4.74 Å². The highest BCUT2D eigenvalue weighted by atomic mass is 16.5. The van der Waals surface area contributed by atoms with E-state index in [4.69, 9.17) is 14.8 Å². The Hall–Kier alpha value is -5.16. The standard InChI is InChI=1S/C42H42N4O/c1-6-12-37-41(31-19-17-30(8-3)18-20-31)42(29(5)7-2)46(44-37)32-13-11-14-33(26-32)47-34-21-22-36-35-15-9-10-16-38(35)45(39(36)27-34)40-25-28(4)23-24-43-40/h9-11,13-27,29H,6-8,12H2,1-5H3. The first-order valence-corrected chi connectivity index (χ1v) is 16.9. The molecule has 0 radical (unpaired) electrons. The van der Waals surface area contributed by atoms with E-state index in [1.165, 1.54) is 38.7 Å². The fourth-order valence-electron chi connectivity index (χ4n) is 6.68. The fraction of sp³-hybridized carbons (Fsp3) is 0.238. The van der Waals surface area contributed by atoms with Crippen LogP contribution in [0.2, 0.25) is 0 Å². The molecule has 7 aromatic rings. The zero-order valence-electron chi connectivity index (χ0n) is 28.0. The van der Waals surface area contributed by atoms with Gasteiger partial charge in [0.1, 0.15) is 17.3 Å². The third-order valence-electron chi connectivity index (χ3n) is 9.28. The van der Waals surface area contributed by atoms with E-state index in [-0.39, 0.29) is 0 Å². The monoisotopic (exact) mass is 618 g/mol. The summed E-state index contributed by atoms with van der Waals surface area (Å²) in [4.78, 5) is 4.74. The van der Waals surface area contributed by atoms with Gasteiger partial charge in [-0.1, -0.05) is 82.6 Å². The van der Waals surface area contributed by atoms with E-state index in [2.05, 4.69) is 135 Å². The van der Waals surface area contributed by atoms with E-state index in [1.807, 2.05) is 18.3 Å². The number of rotatable bonds is 10. The van der Waals surface area contributed by atoms with Crippen LogP contribution in [-0.2, 0) is 12.8 Å². The van der Waals surface area contributed by atoms with Crippen LogP contribution in [0.5, 0.6) is 11.5 Å². The van der Waals surface area contributed by atoms with Crippen LogP contribution in [0, 0.1) is 6.92 Å². The Morgan fingerprint density at radius 1 is 0.766 bits per heavy atom. The fourth-order valence-corrected chi connectivity index (χ4v) is 6.68. The maximum absolute atomic E-state index is 6.61. The van der Waals surface area contributed by atoms with E-state index in [0.29, 0.717) is 5.92 Å². The largest absolute Gasteiger partial charge is 0.457 e. The summed E-state index contributed by atoms with van der Waals surface area (Å²) in [6.07, 6.45) is 5.90. The first-order valence-electron chi connectivity index (χ1n) is 16.9. The number of ether oxygens (including phenoxy) is 1. The maximum atomic E-state index is 6.61. The van der Waals surface area contributed by atoms with Crippen molar-refractivity contribution in [2.24, 2.45) is 0 Å². The molecule has 0 bridgehead atoms. The van der Waals surface area contributed by atoms with E-state index in [1.54, 1.807) is 0 Å². The molecular weight excluding hydrogens is 576 g/mol. The Labute approximate surface area is 277 Å². The predicted octanol–water partition coefficient (Wildman–Crippen LogP) is 11.2. The molecule has 0 saturated carbocycles. The first-order chi connectivity index (χ1) is 23.0. The normalized spacial score (nSPS) is 12.2.